The summed E-state index contributed by atoms with van der Waals surface area (Å²) in [4.78, 5) is 46.4. The highest BCUT2D eigenvalue weighted by Gasteiger charge is 2.32. The first-order valence-electron chi connectivity index (χ1n) is 14.3. The van der Waals surface area contributed by atoms with Gasteiger partial charge in [-0.3, -0.25) is 14.6 Å². The molecule has 0 spiro atoms. The highest BCUT2D eigenvalue weighted by molar-refractivity contribution is 6.30. The van der Waals surface area contributed by atoms with Gasteiger partial charge in [-0.1, -0.05) is 30.5 Å². The number of carbonyl (C=O) groups is 3. The van der Waals surface area contributed by atoms with Crippen molar-refractivity contribution in [1.82, 2.24) is 19.9 Å². The molecular formula is C33H34ClN5O5. The molecule has 5 rings (SSSR count). The van der Waals surface area contributed by atoms with Gasteiger partial charge in [-0.05, 0) is 80.6 Å². The molecular weight excluding hydrogens is 582 g/mol. The summed E-state index contributed by atoms with van der Waals surface area (Å²) in [7, 11) is 3.38. The number of aromatic nitrogens is 3. The average Bonchev–Trinajstić information content (AvgIpc) is 3.62. The van der Waals surface area contributed by atoms with Gasteiger partial charge in [-0.25, -0.2) is 4.79 Å². The first kappa shape index (κ1) is 30.7. The van der Waals surface area contributed by atoms with Gasteiger partial charge in [-0.15, -0.1) is 0 Å². The third-order valence-corrected chi connectivity index (χ3v) is 8.18. The molecule has 1 aliphatic carbocycles. The minimum atomic E-state index is -1.30. The number of anilines is 1. The van der Waals surface area contributed by atoms with Crippen molar-refractivity contribution in [3.05, 3.63) is 76.5 Å². The van der Waals surface area contributed by atoms with E-state index in [2.05, 4.69) is 25.2 Å². The number of carboxylic acids is 1. The molecule has 1 aliphatic rings. The normalized spacial score (nSPS) is 13.8. The number of amides is 2. The number of aliphatic carboxylic acids is 1. The Kier molecular flexibility index (Phi) is 8.73. The largest absolute Gasteiger partial charge is 0.481 e. The molecule has 44 heavy (non-hydrogen) atoms. The summed E-state index contributed by atoms with van der Waals surface area (Å²) in [6.45, 7) is 3.20. The molecule has 11 heteroatoms. The molecule has 228 valence electrons. The Labute approximate surface area is 260 Å². The number of carboxylic acid groups (broad SMARTS) is 1. The lowest BCUT2D eigenvalue weighted by molar-refractivity contribution is -0.131. The van der Waals surface area contributed by atoms with Crippen LogP contribution in [0.4, 0.5) is 5.82 Å². The van der Waals surface area contributed by atoms with E-state index in [1.165, 1.54) is 37.7 Å². The summed E-state index contributed by atoms with van der Waals surface area (Å²) in [5, 5.41) is 16.1. The number of methoxy groups -OCH3 is 1. The SMILES string of the molecule is COc1nc(NC(=O)C(C)(C)NC(=O)c2ccc3c(C4CCCC4)c(-c4ccc(Cl)cn4)n(C)c3c2)ccc1/C=C/C(=O)O. The molecule has 1 aromatic carbocycles. The van der Waals surface area contributed by atoms with Gasteiger partial charge >= 0.3 is 5.97 Å². The van der Waals surface area contributed by atoms with E-state index in [0.717, 1.165) is 41.2 Å². The highest BCUT2D eigenvalue weighted by atomic mass is 35.5. The van der Waals surface area contributed by atoms with Gasteiger partial charge in [-0.2, -0.15) is 4.98 Å². The monoisotopic (exact) mass is 615 g/mol. The van der Waals surface area contributed by atoms with Crippen molar-refractivity contribution in [2.75, 3.05) is 12.4 Å². The molecule has 1 saturated carbocycles. The Morgan fingerprint density at radius 3 is 2.52 bits per heavy atom. The van der Waals surface area contributed by atoms with Crippen molar-refractivity contribution >= 4 is 52.2 Å². The van der Waals surface area contributed by atoms with E-state index in [1.54, 1.807) is 32.2 Å². The fraction of sp³-hybridized carbons (Fsp3) is 0.303. The Morgan fingerprint density at radius 2 is 1.86 bits per heavy atom. The number of rotatable bonds is 9. The Hall–Kier alpha value is -4.70. The molecule has 0 atom stereocenters. The summed E-state index contributed by atoms with van der Waals surface area (Å²) in [6.07, 6.45) is 8.53. The van der Waals surface area contributed by atoms with Crippen LogP contribution in [0.5, 0.6) is 5.88 Å². The molecule has 3 aromatic heterocycles. The second-order valence-electron chi connectivity index (χ2n) is 11.4. The quantitative estimate of drug-likeness (QED) is 0.191. The summed E-state index contributed by atoms with van der Waals surface area (Å²) < 4.78 is 7.33. The molecule has 0 unspecified atom stereocenters. The van der Waals surface area contributed by atoms with Gasteiger partial charge < -0.3 is 25.0 Å². The second kappa shape index (κ2) is 12.5. The van der Waals surface area contributed by atoms with E-state index in [1.807, 2.05) is 31.3 Å². The number of fused-ring (bicyclic) bond motifs is 1. The van der Waals surface area contributed by atoms with Crippen LogP contribution in [0.25, 0.3) is 28.4 Å². The van der Waals surface area contributed by atoms with E-state index < -0.39 is 23.3 Å². The van der Waals surface area contributed by atoms with Crippen molar-refractivity contribution in [1.29, 1.82) is 0 Å². The van der Waals surface area contributed by atoms with Crippen LogP contribution >= 0.6 is 11.6 Å². The fourth-order valence-electron chi connectivity index (χ4n) is 5.72. The maximum Gasteiger partial charge on any atom is 0.328 e. The van der Waals surface area contributed by atoms with Gasteiger partial charge in [0.05, 0.1) is 23.5 Å². The second-order valence-corrected chi connectivity index (χ2v) is 11.8. The summed E-state index contributed by atoms with van der Waals surface area (Å²) in [6, 6.07) is 12.5. The Morgan fingerprint density at radius 1 is 1.11 bits per heavy atom. The fourth-order valence-corrected chi connectivity index (χ4v) is 5.83. The number of pyridine rings is 2. The number of benzene rings is 1. The zero-order valence-electron chi connectivity index (χ0n) is 25.0. The van der Waals surface area contributed by atoms with Crippen molar-refractivity contribution in [3.63, 3.8) is 0 Å². The summed E-state index contributed by atoms with van der Waals surface area (Å²) in [5.41, 5.74) is 3.55. The number of aryl methyl sites for hydroxylation is 1. The first-order valence-corrected chi connectivity index (χ1v) is 14.7. The smallest absolute Gasteiger partial charge is 0.328 e. The van der Waals surface area contributed by atoms with E-state index in [0.29, 0.717) is 22.1 Å². The number of hydrogen-bond donors (Lipinski definition) is 3. The molecule has 4 aromatic rings. The minimum Gasteiger partial charge on any atom is -0.481 e. The predicted molar refractivity (Wildman–Crippen MR) is 170 cm³/mol. The van der Waals surface area contributed by atoms with Crippen LogP contribution in [-0.2, 0) is 16.6 Å². The van der Waals surface area contributed by atoms with Gasteiger partial charge in [0.2, 0.25) is 5.88 Å². The lowest BCUT2D eigenvalue weighted by Gasteiger charge is -2.25. The number of carbonyl (C=O) groups excluding carboxylic acids is 2. The number of hydrogen-bond acceptors (Lipinski definition) is 6. The van der Waals surface area contributed by atoms with Crippen LogP contribution in [0.15, 0.2) is 54.7 Å². The first-order chi connectivity index (χ1) is 21.0. The molecule has 0 bridgehead atoms. The number of nitrogens with one attached hydrogen (secondary N) is 2. The third kappa shape index (κ3) is 6.30. The lowest BCUT2D eigenvalue weighted by Crippen LogP contribution is -2.52. The van der Waals surface area contributed by atoms with Crippen molar-refractivity contribution < 1.29 is 24.2 Å². The highest BCUT2D eigenvalue weighted by Crippen LogP contribution is 2.44. The van der Waals surface area contributed by atoms with Crippen LogP contribution in [0.2, 0.25) is 5.02 Å². The number of halogens is 1. The molecule has 0 saturated heterocycles. The van der Waals surface area contributed by atoms with Crippen LogP contribution in [0.3, 0.4) is 0 Å². The minimum absolute atomic E-state index is 0.142. The molecule has 0 radical (unpaired) electrons. The molecule has 3 heterocycles. The zero-order valence-corrected chi connectivity index (χ0v) is 25.7. The summed E-state index contributed by atoms with van der Waals surface area (Å²) >= 11 is 6.13. The van der Waals surface area contributed by atoms with Crippen LogP contribution in [0, 0.1) is 0 Å². The van der Waals surface area contributed by atoms with Crippen molar-refractivity contribution in [2.45, 2.75) is 51.0 Å². The zero-order chi connectivity index (χ0) is 31.6. The van der Waals surface area contributed by atoms with E-state index in [4.69, 9.17) is 21.4 Å². The maximum atomic E-state index is 13.5. The molecule has 2 amide bonds. The van der Waals surface area contributed by atoms with Crippen molar-refractivity contribution in [2.24, 2.45) is 7.05 Å². The summed E-state index contributed by atoms with van der Waals surface area (Å²) in [5.74, 6) is -1.27. The van der Waals surface area contributed by atoms with E-state index in [9.17, 15) is 14.4 Å². The maximum absolute atomic E-state index is 13.5. The lowest BCUT2D eigenvalue weighted by atomic mass is 9.93. The van der Waals surface area contributed by atoms with Gasteiger partial charge in [0.15, 0.2) is 0 Å². The average molecular weight is 616 g/mol. The van der Waals surface area contributed by atoms with E-state index >= 15 is 0 Å². The topological polar surface area (TPSA) is 135 Å². The van der Waals surface area contributed by atoms with Crippen LogP contribution < -0.4 is 15.4 Å². The van der Waals surface area contributed by atoms with Crippen LogP contribution in [-0.4, -0.2) is 50.1 Å². The predicted octanol–water partition coefficient (Wildman–Crippen LogP) is 6.20. The Balaban J connectivity index is 1.39. The standard InChI is InChI=1S/C33H34ClN5O5/c1-33(2,32(43)37-26-15-10-20(11-16-27(40)41)31(36-26)44-4)38-30(42)21-9-13-23-25(17-21)39(3)29(24-14-12-22(34)18-35-24)28(23)19-7-5-6-8-19/h9-19H,5-8H2,1-4H3,(H,38,42)(H,40,41)(H,36,37,43)/b16-11+. The van der Waals surface area contributed by atoms with Crippen LogP contribution in [0.1, 0.15) is 66.9 Å². The molecule has 0 aliphatic heterocycles. The van der Waals surface area contributed by atoms with E-state index in [-0.39, 0.29) is 11.7 Å². The molecule has 3 N–H and O–H groups in total. The van der Waals surface area contributed by atoms with Gasteiger partial charge in [0, 0.05) is 41.4 Å². The third-order valence-electron chi connectivity index (χ3n) is 7.96. The van der Waals surface area contributed by atoms with Gasteiger partial charge in [0.1, 0.15) is 11.4 Å². The Bertz CT molecular complexity index is 1770. The molecule has 1 fully saturated rings. The number of ether oxygens (including phenoxy) is 1. The number of nitrogens with zero attached hydrogens (tertiary/aromatic N) is 3. The van der Waals surface area contributed by atoms with Gasteiger partial charge in [0.25, 0.3) is 11.8 Å². The molecule has 10 nitrogen and oxygen atoms in total. The van der Waals surface area contributed by atoms with Crippen molar-refractivity contribution in [3.8, 4) is 17.3 Å².